The van der Waals surface area contributed by atoms with Crippen molar-refractivity contribution in [3.05, 3.63) is 83.3 Å². The number of amides is 1. The SMILES string of the molecule is CCOc1ccc(OCc2ccc(C(=O)N[C@H](C)c3ccc(C(C)(C)C)cc3)o2)cc1. The van der Waals surface area contributed by atoms with Crippen molar-refractivity contribution in [1.82, 2.24) is 5.32 Å². The summed E-state index contributed by atoms with van der Waals surface area (Å²) in [6, 6.07) is 19.0. The van der Waals surface area contributed by atoms with E-state index in [1.54, 1.807) is 12.1 Å². The summed E-state index contributed by atoms with van der Waals surface area (Å²) in [5.74, 6) is 2.11. The third-order valence-corrected chi connectivity index (χ3v) is 5.03. The molecule has 3 rings (SSSR count). The van der Waals surface area contributed by atoms with Gasteiger partial charge in [0.1, 0.15) is 23.9 Å². The summed E-state index contributed by atoms with van der Waals surface area (Å²) in [4.78, 5) is 12.6. The first-order chi connectivity index (χ1) is 14.8. The number of nitrogens with one attached hydrogen (secondary N) is 1. The lowest BCUT2D eigenvalue weighted by Crippen LogP contribution is -2.26. The fourth-order valence-corrected chi connectivity index (χ4v) is 3.15. The molecule has 1 heterocycles. The zero-order valence-corrected chi connectivity index (χ0v) is 18.9. The molecule has 0 spiro atoms. The van der Waals surface area contributed by atoms with Gasteiger partial charge in [-0.25, -0.2) is 0 Å². The van der Waals surface area contributed by atoms with Crippen molar-refractivity contribution in [2.75, 3.05) is 6.61 Å². The number of carbonyl (C=O) groups excluding carboxylic acids is 1. The van der Waals surface area contributed by atoms with Gasteiger partial charge in [-0.3, -0.25) is 4.79 Å². The van der Waals surface area contributed by atoms with Gasteiger partial charge in [-0.2, -0.15) is 0 Å². The number of ether oxygens (including phenoxy) is 2. The molecule has 3 aromatic rings. The van der Waals surface area contributed by atoms with E-state index in [2.05, 4.69) is 50.4 Å². The minimum Gasteiger partial charge on any atom is -0.494 e. The molecular weight excluding hydrogens is 390 g/mol. The second kappa shape index (κ2) is 9.73. The summed E-state index contributed by atoms with van der Waals surface area (Å²) in [6.45, 7) is 11.3. The molecule has 1 N–H and O–H groups in total. The molecular formula is C26H31NO4. The first kappa shape index (κ1) is 22.5. The van der Waals surface area contributed by atoms with Gasteiger partial charge in [0.15, 0.2) is 5.76 Å². The van der Waals surface area contributed by atoms with Crippen molar-refractivity contribution >= 4 is 5.91 Å². The van der Waals surface area contributed by atoms with Gasteiger partial charge in [0.2, 0.25) is 0 Å². The predicted octanol–water partition coefficient (Wildman–Crippen LogP) is 6.05. The molecule has 1 amide bonds. The van der Waals surface area contributed by atoms with E-state index in [9.17, 15) is 4.79 Å². The molecule has 2 aromatic carbocycles. The third-order valence-electron chi connectivity index (χ3n) is 5.03. The van der Waals surface area contributed by atoms with Gasteiger partial charge >= 0.3 is 0 Å². The fraction of sp³-hybridized carbons (Fsp3) is 0.346. The highest BCUT2D eigenvalue weighted by Crippen LogP contribution is 2.24. The Hall–Kier alpha value is -3.21. The maximum atomic E-state index is 12.6. The second-order valence-corrected chi connectivity index (χ2v) is 8.53. The Morgan fingerprint density at radius 3 is 2.13 bits per heavy atom. The average molecular weight is 422 g/mol. The number of hydrogen-bond acceptors (Lipinski definition) is 4. The second-order valence-electron chi connectivity index (χ2n) is 8.53. The first-order valence-electron chi connectivity index (χ1n) is 10.6. The maximum Gasteiger partial charge on any atom is 0.287 e. The van der Waals surface area contributed by atoms with Crippen LogP contribution in [-0.4, -0.2) is 12.5 Å². The topological polar surface area (TPSA) is 60.7 Å². The van der Waals surface area contributed by atoms with E-state index in [1.807, 2.05) is 38.1 Å². The van der Waals surface area contributed by atoms with Crippen molar-refractivity contribution in [1.29, 1.82) is 0 Å². The molecule has 0 radical (unpaired) electrons. The van der Waals surface area contributed by atoms with Crippen LogP contribution in [0.15, 0.2) is 65.1 Å². The Balaban J connectivity index is 1.54. The molecule has 0 bridgehead atoms. The Labute approximate surface area is 184 Å². The highest BCUT2D eigenvalue weighted by molar-refractivity contribution is 5.91. The maximum absolute atomic E-state index is 12.6. The van der Waals surface area contributed by atoms with Crippen LogP contribution in [0.1, 0.15) is 68.1 Å². The fourth-order valence-electron chi connectivity index (χ4n) is 3.15. The van der Waals surface area contributed by atoms with Gasteiger partial charge in [0, 0.05) is 0 Å². The molecule has 0 saturated heterocycles. The number of carbonyl (C=O) groups is 1. The van der Waals surface area contributed by atoms with E-state index in [4.69, 9.17) is 13.9 Å². The van der Waals surface area contributed by atoms with Crippen LogP contribution in [0, 0.1) is 0 Å². The molecule has 0 aliphatic rings. The van der Waals surface area contributed by atoms with Crippen LogP contribution in [0.5, 0.6) is 11.5 Å². The predicted molar refractivity (Wildman–Crippen MR) is 122 cm³/mol. The number of benzene rings is 2. The molecule has 0 unspecified atom stereocenters. The van der Waals surface area contributed by atoms with Gasteiger partial charge in [-0.15, -0.1) is 0 Å². The molecule has 5 heteroatoms. The van der Waals surface area contributed by atoms with Crippen molar-refractivity contribution in [3.8, 4) is 11.5 Å². The first-order valence-corrected chi connectivity index (χ1v) is 10.6. The summed E-state index contributed by atoms with van der Waals surface area (Å²) in [5, 5.41) is 2.99. The Bertz CT molecular complexity index is 981. The van der Waals surface area contributed by atoms with Crippen molar-refractivity contribution < 1.29 is 18.7 Å². The number of hydrogen-bond donors (Lipinski definition) is 1. The summed E-state index contributed by atoms with van der Waals surface area (Å²) in [7, 11) is 0. The lowest BCUT2D eigenvalue weighted by Gasteiger charge is -2.20. The van der Waals surface area contributed by atoms with Crippen molar-refractivity contribution in [3.63, 3.8) is 0 Å². The number of rotatable bonds is 8. The van der Waals surface area contributed by atoms with Crippen LogP contribution in [0.25, 0.3) is 0 Å². The van der Waals surface area contributed by atoms with Crippen molar-refractivity contribution in [2.45, 2.75) is 52.7 Å². The molecule has 1 aromatic heterocycles. The highest BCUT2D eigenvalue weighted by Gasteiger charge is 2.17. The largest absolute Gasteiger partial charge is 0.494 e. The van der Waals surface area contributed by atoms with Gasteiger partial charge in [0.25, 0.3) is 5.91 Å². The van der Waals surface area contributed by atoms with E-state index < -0.39 is 0 Å². The molecule has 0 aliphatic heterocycles. The standard InChI is InChI=1S/C26H31NO4/c1-6-29-21-11-13-22(14-12-21)30-17-23-15-16-24(31-23)25(28)27-18(2)19-7-9-20(10-8-19)26(3,4)5/h7-16,18H,6,17H2,1-5H3,(H,27,28)/t18-/m1/s1. The van der Waals surface area contributed by atoms with Gasteiger partial charge in [0.05, 0.1) is 12.6 Å². The Morgan fingerprint density at radius 2 is 1.55 bits per heavy atom. The van der Waals surface area contributed by atoms with Gasteiger partial charge in [-0.05, 0) is 66.8 Å². The molecule has 0 fully saturated rings. The lowest BCUT2D eigenvalue weighted by molar-refractivity contribution is 0.0907. The molecule has 0 aliphatic carbocycles. The van der Waals surface area contributed by atoms with Gasteiger partial charge in [-0.1, -0.05) is 45.0 Å². The van der Waals surface area contributed by atoms with Crippen LogP contribution in [-0.2, 0) is 12.0 Å². The monoisotopic (exact) mass is 421 g/mol. The van der Waals surface area contributed by atoms with Crippen molar-refractivity contribution in [2.24, 2.45) is 0 Å². The van der Waals surface area contributed by atoms with Crippen LogP contribution in [0.3, 0.4) is 0 Å². The zero-order valence-electron chi connectivity index (χ0n) is 18.9. The Morgan fingerprint density at radius 1 is 0.935 bits per heavy atom. The molecule has 164 valence electrons. The normalized spacial score (nSPS) is 12.3. The van der Waals surface area contributed by atoms with E-state index in [0.29, 0.717) is 18.1 Å². The van der Waals surface area contributed by atoms with Gasteiger partial charge < -0.3 is 19.2 Å². The third kappa shape index (κ3) is 6.14. The quantitative estimate of drug-likeness (QED) is 0.481. The van der Waals surface area contributed by atoms with E-state index >= 15 is 0 Å². The van der Waals surface area contributed by atoms with Crippen LogP contribution in [0.2, 0.25) is 0 Å². The summed E-state index contributed by atoms with van der Waals surface area (Å²) >= 11 is 0. The van der Waals surface area contributed by atoms with Crippen LogP contribution < -0.4 is 14.8 Å². The number of furan rings is 1. The lowest BCUT2D eigenvalue weighted by atomic mass is 9.86. The minimum absolute atomic E-state index is 0.100. The summed E-state index contributed by atoms with van der Waals surface area (Å²) in [6.07, 6.45) is 0. The summed E-state index contributed by atoms with van der Waals surface area (Å²) in [5.41, 5.74) is 2.41. The smallest absolute Gasteiger partial charge is 0.287 e. The van der Waals surface area contributed by atoms with E-state index in [-0.39, 0.29) is 29.7 Å². The average Bonchev–Trinajstić information content (AvgIpc) is 3.22. The summed E-state index contributed by atoms with van der Waals surface area (Å²) < 4.78 is 16.8. The van der Waals surface area contributed by atoms with Crippen LogP contribution >= 0.6 is 0 Å². The molecule has 31 heavy (non-hydrogen) atoms. The van der Waals surface area contributed by atoms with E-state index in [0.717, 1.165) is 11.3 Å². The molecule has 1 atom stereocenters. The highest BCUT2D eigenvalue weighted by atomic mass is 16.5. The zero-order chi connectivity index (χ0) is 22.4. The minimum atomic E-state index is -0.250. The Kier molecular flexibility index (Phi) is 7.06. The molecule has 5 nitrogen and oxygen atoms in total. The van der Waals surface area contributed by atoms with Crippen LogP contribution in [0.4, 0.5) is 0 Å². The van der Waals surface area contributed by atoms with E-state index in [1.165, 1.54) is 5.56 Å². The molecule has 0 saturated carbocycles.